The number of piperidine rings is 1. The first-order valence-electron chi connectivity index (χ1n) is 8.24. The number of aromatic nitrogens is 4. The van der Waals surface area contributed by atoms with Crippen LogP contribution in [0.1, 0.15) is 19.8 Å². The number of carboxylic acid groups (broad SMARTS) is 1. The van der Waals surface area contributed by atoms with Gasteiger partial charge in [0.1, 0.15) is 0 Å². The van der Waals surface area contributed by atoms with E-state index in [0.717, 1.165) is 5.56 Å². The van der Waals surface area contributed by atoms with E-state index in [4.69, 9.17) is 5.11 Å². The molecule has 132 valence electrons. The van der Waals surface area contributed by atoms with E-state index in [-0.39, 0.29) is 11.9 Å². The Morgan fingerprint density at radius 2 is 2.08 bits per heavy atom. The zero-order chi connectivity index (χ0) is 17.8. The molecule has 25 heavy (non-hydrogen) atoms. The number of nitrogens with zero attached hydrogens (tertiary/aromatic N) is 5. The van der Waals surface area contributed by atoms with E-state index in [2.05, 4.69) is 20.8 Å². The summed E-state index contributed by atoms with van der Waals surface area (Å²) in [4.78, 5) is 25.0. The molecule has 1 aliphatic heterocycles. The van der Waals surface area contributed by atoms with Crippen molar-refractivity contribution in [3.63, 3.8) is 0 Å². The van der Waals surface area contributed by atoms with Gasteiger partial charge in [0.25, 0.3) is 0 Å². The molecule has 2 amide bonds. The summed E-state index contributed by atoms with van der Waals surface area (Å²) < 4.78 is 1.68. The number of urea groups is 1. The van der Waals surface area contributed by atoms with Gasteiger partial charge in [-0.15, -0.1) is 5.10 Å². The van der Waals surface area contributed by atoms with Crippen molar-refractivity contribution in [2.45, 2.75) is 26.3 Å². The standard InChI is InChI=1S/C16H20N6O3/c1-2-22-14(18-19-20-22)12-4-3-5-13(10-12)17-16(25)21-8-6-11(7-9-21)15(23)24/h3-5,10-11H,2,6-9H2,1H3,(H,17,25)(H,23,24). The van der Waals surface area contributed by atoms with Crippen LogP contribution in [0.4, 0.5) is 10.5 Å². The minimum Gasteiger partial charge on any atom is -0.481 e. The Balaban J connectivity index is 1.66. The van der Waals surface area contributed by atoms with E-state index in [1.54, 1.807) is 15.6 Å². The van der Waals surface area contributed by atoms with Gasteiger partial charge in [-0.05, 0) is 42.3 Å². The van der Waals surface area contributed by atoms with Crippen molar-refractivity contribution in [1.29, 1.82) is 0 Å². The number of carbonyl (C=O) groups excluding carboxylic acids is 1. The molecule has 1 saturated heterocycles. The number of rotatable bonds is 4. The van der Waals surface area contributed by atoms with Crippen LogP contribution in [0.3, 0.4) is 0 Å². The SMILES string of the molecule is CCn1nnnc1-c1cccc(NC(=O)N2CCC(C(=O)O)CC2)c1. The van der Waals surface area contributed by atoms with Gasteiger partial charge in [0.15, 0.2) is 5.82 Å². The Bertz CT molecular complexity index is 767. The lowest BCUT2D eigenvalue weighted by Crippen LogP contribution is -2.42. The molecule has 0 spiro atoms. The fourth-order valence-corrected chi connectivity index (χ4v) is 2.89. The van der Waals surface area contributed by atoms with Crippen molar-refractivity contribution in [1.82, 2.24) is 25.1 Å². The van der Waals surface area contributed by atoms with E-state index < -0.39 is 5.97 Å². The van der Waals surface area contributed by atoms with Gasteiger partial charge in [-0.2, -0.15) is 0 Å². The number of hydrogen-bond donors (Lipinski definition) is 2. The van der Waals surface area contributed by atoms with Crippen molar-refractivity contribution in [3.05, 3.63) is 24.3 Å². The van der Waals surface area contributed by atoms with E-state index >= 15 is 0 Å². The molecule has 0 unspecified atom stereocenters. The van der Waals surface area contributed by atoms with Gasteiger partial charge in [-0.3, -0.25) is 4.79 Å². The summed E-state index contributed by atoms with van der Waals surface area (Å²) in [6.45, 7) is 3.48. The third-order valence-corrected chi connectivity index (χ3v) is 4.33. The quantitative estimate of drug-likeness (QED) is 0.872. The van der Waals surface area contributed by atoms with Crippen molar-refractivity contribution in [2.75, 3.05) is 18.4 Å². The Kier molecular flexibility index (Phi) is 4.92. The maximum Gasteiger partial charge on any atom is 0.321 e. The molecule has 2 aromatic rings. The molecule has 9 heteroatoms. The summed E-state index contributed by atoms with van der Waals surface area (Å²) in [5, 5.41) is 23.5. The Hall–Kier alpha value is -2.97. The lowest BCUT2D eigenvalue weighted by atomic mass is 9.97. The topological polar surface area (TPSA) is 113 Å². The number of aryl methyl sites for hydroxylation is 1. The third-order valence-electron chi connectivity index (χ3n) is 4.33. The highest BCUT2D eigenvalue weighted by molar-refractivity contribution is 5.90. The predicted octanol–water partition coefficient (Wildman–Crippen LogP) is 1.69. The highest BCUT2D eigenvalue weighted by Gasteiger charge is 2.27. The van der Waals surface area contributed by atoms with Crippen LogP contribution in [0.5, 0.6) is 0 Å². The summed E-state index contributed by atoms with van der Waals surface area (Å²) >= 11 is 0. The number of tetrazole rings is 1. The molecule has 0 saturated carbocycles. The second-order valence-corrected chi connectivity index (χ2v) is 5.93. The minimum absolute atomic E-state index is 0.226. The number of nitrogens with one attached hydrogen (secondary N) is 1. The molecular formula is C16H20N6O3. The molecule has 0 radical (unpaired) electrons. The summed E-state index contributed by atoms with van der Waals surface area (Å²) in [6, 6.07) is 7.10. The van der Waals surface area contributed by atoms with Crippen LogP contribution in [0.15, 0.2) is 24.3 Å². The molecule has 0 bridgehead atoms. The fourth-order valence-electron chi connectivity index (χ4n) is 2.89. The maximum atomic E-state index is 12.4. The molecule has 3 rings (SSSR count). The Morgan fingerprint density at radius 3 is 2.76 bits per heavy atom. The number of hydrogen-bond acceptors (Lipinski definition) is 5. The number of aliphatic carboxylic acids is 1. The molecule has 1 aromatic heterocycles. The van der Waals surface area contributed by atoms with Crippen molar-refractivity contribution in [3.8, 4) is 11.4 Å². The van der Waals surface area contributed by atoms with Crippen molar-refractivity contribution >= 4 is 17.7 Å². The van der Waals surface area contributed by atoms with Crippen LogP contribution in [-0.2, 0) is 11.3 Å². The molecule has 0 aliphatic carbocycles. The second kappa shape index (κ2) is 7.29. The van der Waals surface area contributed by atoms with Crippen molar-refractivity contribution < 1.29 is 14.7 Å². The summed E-state index contributed by atoms with van der Waals surface area (Å²) in [7, 11) is 0. The van der Waals surface area contributed by atoms with Crippen LogP contribution in [0.25, 0.3) is 11.4 Å². The fraction of sp³-hybridized carbons (Fsp3) is 0.438. The zero-order valence-electron chi connectivity index (χ0n) is 13.9. The van der Waals surface area contributed by atoms with Crippen LogP contribution in [0.2, 0.25) is 0 Å². The third kappa shape index (κ3) is 3.76. The summed E-state index contributed by atoms with van der Waals surface area (Å²) in [6.07, 6.45) is 0.960. The first-order chi connectivity index (χ1) is 12.1. The maximum absolute atomic E-state index is 12.4. The molecular weight excluding hydrogens is 324 g/mol. The zero-order valence-corrected chi connectivity index (χ0v) is 13.9. The van der Waals surface area contributed by atoms with Crippen LogP contribution >= 0.6 is 0 Å². The van der Waals surface area contributed by atoms with E-state index in [1.807, 2.05) is 25.1 Å². The first-order valence-corrected chi connectivity index (χ1v) is 8.24. The van der Waals surface area contributed by atoms with E-state index in [0.29, 0.717) is 44.0 Å². The van der Waals surface area contributed by atoms with Crippen LogP contribution in [-0.4, -0.2) is 55.3 Å². The largest absolute Gasteiger partial charge is 0.481 e. The number of anilines is 1. The van der Waals surface area contributed by atoms with Gasteiger partial charge in [-0.25, -0.2) is 9.48 Å². The van der Waals surface area contributed by atoms with E-state index in [1.165, 1.54) is 0 Å². The number of carboxylic acids is 1. The first kappa shape index (κ1) is 16.9. The van der Waals surface area contributed by atoms with Gasteiger partial charge < -0.3 is 15.3 Å². The minimum atomic E-state index is -0.790. The monoisotopic (exact) mass is 344 g/mol. The number of likely N-dealkylation sites (tertiary alicyclic amines) is 1. The molecule has 1 aromatic carbocycles. The van der Waals surface area contributed by atoms with Gasteiger partial charge in [0.05, 0.1) is 5.92 Å². The Morgan fingerprint density at radius 1 is 1.32 bits per heavy atom. The van der Waals surface area contributed by atoms with Gasteiger partial charge in [-0.1, -0.05) is 12.1 Å². The highest BCUT2D eigenvalue weighted by Crippen LogP contribution is 2.22. The predicted molar refractivity (Wildman–Crippen MR) is 89.9 cm³/mol. The highest BCUT2D eigenvalue weighted by atomic mass is 16.4. The Labute approximate surface area is 144 Å². The molecule has 1 aliphatic rings. The van der Waals surface area contributed by atoms with Crippen LogP contribution in [0, 0.1) is 5.92 Å². The average molecular weight is 344 g/mol. The molecule has 1 fully saturated rings. The lowest BCUT2D eigenvalue weighted by Gasteiger charge is -2.30. The molecule has 9 nitrogen and oxygen atoms in total. The van der Waals surface area contributed by atoms with Gasteiger partial charge in [0.2, 0.25) is 0 Å². The molecule has 2 heterocycles. The average Bonchev–Trinajstić information content (AvgIpc) is 3.11. The number of amides is 2. The normalized spacial score (nSPS) is 15.2. The second-order valence-electron chi connectivity index (χ2n) is 5.93. The van der Waals surface area contributed by atoms with Crippen LogP contribution < -0.4 is 5.32 Å². The molecule has 0 atom stereocenters. The number of carbonyl (C=O) groups is 2. The summed E-state index contributed by atoms with van der Waals surface area (Å²) in [5.41, 5.74) is 1.46. The summed E-state index contributed by atoms with van der Waals surface area (Å²) in [5.74, 6) is -0.512. The van der Waals surface area contributed by atoms with Gasteiger partial charge >= 0.3 is 12.0 Å². The number of benzene rings is 1. The lowest BCUT2D eigenvalue weighted by molar-refractivity contribution is -0.143. The van der Waals surface area contributed by atoms with Crippen molar-refractivity contribution in [2.24, 2.45) is 5.92 Å². The van der Waals surface area contributed by atoms with E-state index in [9.17, 15) is 9.59 Å². The molecule has 2 N–H and O–H groups in total. The smallest absolute Gasteiger partial charge is 0.321 e. The van der Waals surface area contributed by atoms with Gasteiger partial charge in [0, 0.05) is 30.9 Å².